The van der Waals surface area contributed by atoms with Crippen molar-refractivity contribution in [2.75, 3.05) is 38.3 Å². The molecule has 1 aliphatic heterocycles. The average Bonchev–Trinajstić information content (AvgIpc) is 3.35. The van der Waals surface area contributed by atoms with Crippen LogP contribution in [0, 0.1) is 0 Å². The summed E-state index contributed by atoms with van der Waals surface area (Å²) in [5.41, 5.74) is 3.34. The summed E-state index contributed by atoms with van der Waals surface area (Å²) >= 11 is 0. The molecule has 2 heterocycles. The average molecular weight is 464 g/mol. The number of esters is 1. The number of carbonyl (C=O) groups is 2. The molecule has 4 rings (SSSR count). The SMILES string of the molecule is COC(=O)c1cccc(N2CC(Oc3ccc(COCCNC(C)=O)cc3)C2)c1-n1cccc1. The minimum atomic E-state index is -0.363. The molecular weight excluding hydrogens is 434 g/mol. The van der Waals surface area contributed by atoms with E-state index in [1.807, 2.05) is 65.5 Å². The van der Waals surface area contributed by atoms with E-state index in [2.05, 4.69) is 10.2 Å². The molecule has 8 nitrogen and oxygen atoms in total. The number of aromatic nitrogens is 1. The summed E-state index contributed by atoms with van der Waals surface area (Å²) in [7, 11) is 1.39. The molecule has 0 bridgehead atoms. The number of nitrogens with zero attached hydrogens (tertiary/aromatic N) is 2. The molecule has 0 saturated carbocycles. The topological polar surface area (TPSA) is 82.0 Å². The Morgan fingerprint density at radius 2 is 1.76 bits per heavy atom. The summed E-state index contributed by atoms with van der Waals surface area (Å²) in [4.78, 5) is 25.4. The number of anilines is 1. The summed E-state index contributed by atoms with van der Waals surface area (Å²) in [5, 5.41) is 2.70. The Balaban J connectivity index is 1.33. The Kier molecular flexibility index (Phi) is 7.49. The van der Waals surface area contributed by atoms with Crippen LogP contribution in [0.5, 0.6) is 5.75 Å². The van der Waals surface area contributed by atoms with Gasteiger partial charge in [-0.15, -0.1) is 0 Å². The zero-order valence-electron chi connectivity index (χ0n) is 19.4. The van der Waals surface area contributed by atoms with Crippen LogP contribution in [0.25, 0.3) is 5.69 Å². The maximum atomic E-state index is 12.4. The molecule has 0 spiro atoms. The molecule has 0 aliphatic carbocycles. The molecule has 0 unspecified atom stereocenters. The number of carbonyl (C=O) groups excluding carboxylic acids is 2. The van der Waals surface area contributed by atoms with Gasteiger partial charge < -0.3 is 29.0 Å². The second kappa shape index (κ2) is 10.9. The van der Waals surface area contributed by atoms with E-state index >= 15 is 0 Å². The quantitative estimate of drug-likeness (QED) is 0.367. The maximum Gasteiger partial charge on any atom is 0.340 e. The van der Waals surface area contributed by atoms with E-state index in [0.29, 0.717) is 38.4 Å². The second-order valence-corrected chi connectivity index (χ2v) is 8.08. The molecule has 1 aliphatic rings. The third-order valence-corrected chi connectivity index (χ3v) is 5.59. The van der Waals surface area contributed by atoms with Crippen LogP contribution in [0.2, 0.25) is 0 Å². The fourth-order valence-electron chi connectivity index (χ4n) is 3.87. The molecule has 34 heavy (non-hydrogen) atoms. The van der Waals surface area contributed by atoms with Gasteiger partial charge >= 0.3 is 5.97 Å². The van der Waals surface area contributed by atoms with E-state index in [-0.39, 0.29) is 18.0 Å². The lowest BCUT2D eigenvalue weighted by atomic mass is 10.1. The van der Waals surface area contributed by atoms with Crippen molar-refractivity contribution in [1.82, 2.24) is 9.88 Å². The first-order valence-corrected chi connectivity index (χ1v) is 11.2. The van der Waals surface area contributed by atoms with Crippen LogP contribution in [0.15, 0.2) is 67.0 Å². The number of hydrogen-bond donors (Lipinski definition) is 1. The number of benzene rings is 2. The minimum absolute atomic E-state index is 0.0547. The normalized spacial score (nSPS) is 13.3. The standard InChI is InChI=1S/C26H29N3O5/c1-19(30)27-12-15-33-18-20-8-10-21(11-9-20)34-22-16-29(17-22)24-7-5-6-23(26(31)32-2)25(24)28-13-3-4-14-28/h3-11,13-14,22H,12,15-18H2,1-2H3,(H,27,30). The summed E-state index contributed by atoms with van der Waals surface area (Å²) in [5.74, 6) is 0.385. The van der Waals surface area contributed by atoms with Crippen molar-refractivity contribution >= 4 is 17.6 Å². The number of rotatable bonds is 10. The van der Waals surface area contributed by atoms with Gasteiger partial charge in [0.2, 0.25) is 5.91 Å². The van der Waals surface area contributed by atoms with E-state index in [4.69, 9.17) is 14.2 Å². The van der Waals surface area contributed by atoms with Crippen LogP contribution >= 0.6 is 0 Å². The highest BCUT2D eigenvalue weighted by Gasteiger charge is 2.32. The number of hydrogen-bond acceptors (Lipinski definition) is 6. The van der Waals surface area contributed by atoms with E-state index in [1.54, 1.807) is 6.07 Å². The zero-order chi connectivity index (χ0) is 23.9. The lowest BCUT2D eigenvalue weighted by molar-refractivity contribution is -0.119. The summed E-state index contributed by atoms with van der Waals surface area (Å²) in [6.07, 6.45) is 3.90. The van der Waals surface area contributed by atoms with Gasteiger partial charge in [0.15, 0.2) is 0 Å². The van der Waals surface area contributed by atoms with Crippen molar-refractivity contribution in [2.45, 2.75) is 19.6 Å². The highest BCUT2D eigenvalue weighted by molar-refractivity contribution is 5.96. The Morgan fingerprint density at radius 3 is 2.44 bits per heavy atom. The Bertz CT molecular complexity index is 1110. The van der Waals surface area contributed by atoms with Gasteiger partial charge in [-0.3, -0.25) is 4.79 Å². The Labute approximate surface area is 199 Å². The first-order valence-electron chi connectivity index (χ1n) is 11.2. The molecule has 8 heteroatoms. The van der Waals surface area contributed by atoms with Crippen molar-refractivity contribution in [3.63, 3.8) is 0 Å². The summed E-state index contributed by atoms with van der Waals surface area (Å²) < 4.78 is 18.6. The van der Waals surface area contributed by atoms with Gasteiger partial charge in [0.25, 0.3) is 0 Å². The number of para-hydroxylation sites is 1. The summed E-state index contributed by atoms with van der Waals surface area (Å²) in [6, 6.07) is 17.4. The van der Waals surface area contributed by atoms with Crippen molar-refractivity contribution < 1.29 is 23.8 Å². The van der Waals surface area contributed by atoms with Crippen LogP contribution in [0.1, 0.15) is 22.8 Å². The monoisotopic (exact) mass is 463 g/mol. The van der Waals surface area contributed by atoms with Crippen LogP contribution in [0.3, 0.4) is 0 Å². The van der Waals surface area contributed by atoms with Gasteiger partial charge in [-0.2, -0.15) is 0 Å². The van der Waals surface area contributed by atoms with Gasteiger partial charge in [-0.05, 0) is 42.0 Å². The molecule has 0 radical (unpaired) electrons. The van der Waals surface area contributed by atoms with E-state index in [9.17, 15) is 9.59 Å². The lowest BCUT2D eigenvalue weighted by Crippen LogP contribution is -2.54. The highest BCUT2D eigenvalue weighted by atomic mass is 16.5. The summed E-state index contributed by atoms with van der Waals surface area (Å²) in [6.45, 7) is 4.37. The largest absolute Gasteiger partial charge is 0.487 e. The third kappa shape index (κ3) is 5.58. The van der Waals surface area contributed by atoms with Gasteiger partial charge in [0, 0.05) is 25.9 Å². The first-order chi connectivity index (χ1) is 16.5. The predicted octanol–water partition coefficient (Wildman–Crippen LogP) is 3.18. The highest BCUT2D eigenvalue weighted by Crippen LogP contribution is 2.33. The van der Waals surface area contributed by atoms with Crippen molar-refractivity contribution in [1.29, 1.82) is 0 Å². The molecule has 0 atom stereocenters. The lowest BCUT2D eigenvalue weighted by Gasteiger charge is -2.41. The second-order valence-electron chi connectivity index (χ2n) is 8.08. The first kappa shape index (κ1) is 23.4. The molecule has 1 fully saturated rings. The molecule has 2 aromatic carbocycles. The molecule has 1 aromatic heterocycles. The van der Waals surface area contributed by atoms with Crippen LogP contribution in [-0.4, -0.2) is 55.9 Å². The molecular formula is C26H29N3O5. The molecule has 3 aromatic rings. The molecule has 1 amide bonds. The number of ether oxygens (including phenoxy) is 3. The fraction of sp³-hybridized carbons (Fsp3) is 0.308. The zero-order valence-corrected chi connectivity index (χ0v) is 19.4. The smallest absolute Gasteiger partial charge is 0.340 e. The predicted molar refractivity (Wildman–Crippen MR) is 129 cm³/mol. The van der Waals surface area contributed by atoms with Crippen LogP contribution in [-0.2, 0) is 20.9 Å². The van der Waals surface area contributed by atoms with Gasteiger partial charge in [-0.1, -0.05) is 18.2 Å². The Morgan fingerprint density at radius 1 is 1.03 bits per heavy atom. The van der Waals surface area contributed by atoms with Gasteiger partial charge in [0.05, 0.1) is 50.4 Å². The van der Waals surface area contributed by atoms with E-state index < -0.39 is 0 Å². The minimum Gasteiger partial charge on any atom is -0.487 e. The van der Waals surface area contributed by atoms with E-state index in [0.717, 1.165) is 22.7 Å². The number of nitrogens with one attached hydrogen (secondary N) is 1. The van der Waals surface area contributed by atoms with Gasteiger partial charge in [0.1, 0.15) is 11.9 Å². The number of amides is 1. The van der Waals surface area contributed by atoms with Crippen molar-refractivity contribution in [3.8, 4) is 11.4 Å². The molecule has 178 valence electrons. The van der Waals surface area contributed by atoms with E-state index in [1.165, 1.54) is 14.0 Å². The molecule has 1 N–H and O–H groups in total. The van der Waals surface area contributed by atoms with Crippen LogP contribution < -0.4 is 15.0 Å². The third-order valence-electron chi connectivity index (χ3n) is 5.59. The number of methoxy groups -OCH3 is 1. The fourth-order valence-corrected chi connectivity index (χ4v) is 3.87. The molecule has 1 saturated heterocycles. The maximum absolute atomic E-state index is 12.4. The Hall–Kier alpha value is -3.78. The van der Waals surface area contributed by atoms with Crippen molar-refractivity contribution in [3.05, 3.63) is 78.1 Å². The van der Waals surface area contributed by atoms with Crippen molar-refractivity contribution in [2.24, 2.45) is 0 Å². The van der Waals surface area contributed by atoms with Crippen LogP contribution in [0.4, 0.5) is 5.69 Å². The van der Waals surface area contributed by atoms with Gasteiger partial charge in [-0.25, -0.2) is 4.79 Å².